The van der Waals surface area contributed by atoms with Crippen LogP contribution in [0.1, 0.15) is 5.56 Å². The van der Waals surface area contributed by atoms with E-state index in [4.69, 9.17) is 33.0 Å². The van der Waals surface area contributed by atoms with E-state index in [9.17, 15) is 0 Å². The summed E-state index contributed by atoms with van der Waals surface area (Å²) < 4.78 is 7.19. The Balaban J connectivity index is 1.89. The van der Waals surface area contributed by atoms with Crippen LogP contribution in [0.4, 0.5) is 5.82 Å². The number of hydrogen-bond donors (Lipinski definition) is 1. The van der Waals surface area contributed by atoms with Gasteiger partial charge in [-0.25, -0.2) is 4.68 Å². The fraction of sp³-hybridized carbons (Fsp3) is 0.167. The number of aromatic nitrogens is 2. The Morgan fingerprint density at radius 2 is 2.04 bits per heavy atom. The van der Waals surface area contributed by atoms with E-state index < -0.39 is 0 Å². The summed E-state index contributed by atoms with van der Waals surface area (Å²) >= 11 is 12.4. The minimum absolute atomic E-state index is 0.568. The molecular weight excluding hydrogens is 345 g/mol. The van der Waals surface area contributed by atoms with Crippen LogP contribution in [0, 0.1) is 0 Å². The summed E-state index contributed by atoms with van der Waals surface area (Å²) in [4.78, 5) is 0. The van der Waals surface area contributed by atoms with Gasteiger partial charge in [0, 0.05) is 22.7 Å². The average molecular weight is 360 g/mol. The Hall–Kier alpha value is -2.17. The molecule has 122 valence electrons. The molecule has 6 heteroatoms. The highest BCUT2D eigenvalue weighted by molar-refractivity contribution is 6.35. The summed E-state index contributed by atoms with van der Waals surface area (Å²) in [5, 5.41) is 9.39. The van der Waals surface area contributed by atoms with Crippen molar-refractivity contribution >= 4 is 29.0 Å². The SMILES string of the molecule is COc1cccc(-c2nn(-c3ccc(Cl)cc3Cl)c3c2CCN3)c1. The summed E-state index contributed by atoms with van der Waals surface area (Å²) in [5.41, 5.74) is 3.97. The van der Waals surface area contributed by atoms with Crippen LogP contribution in [-0.2, 0) is 6.42 Å². The largest absolute Gasteiger partial charge is 0.497 e. The zero-order valence-electron chi connectivity index (χ0n) is 13.0. The summed E-state index contributed by atoms with van der Waals surface area (Å²) in [5.74, 6) is 1.79. The van der Waals surface area contributed by atoms with Gasteiger partial charge in [-0.05, 0) is 36.8 Å². The highest BCUT2D eigenvalue weighted by atomic mass is 35.5. The number of ether oxygens (including phenoxy) is 1. The van der Waals surface area contributed by atoms with Crippen LogP contribution in [0.5, 0.6) is 5.75 Å². The minimum Gasteiger partial charge on any atom is -0.497 e. The minimum atomic E-state index is 0.568. The van der Waals surface area contributed by atoms with Crippen molar-refractivity contribution in [2.24, 2.45) is 0 Å². The van der Waals surface area contributed by atoms with Gasteiger partial charge in [0.25, 0.3) is 0 Å². The maximum absolute atomic E-state index is 6.38. The maximum atomic E-state index is 6.38. The first-order chi connectivity index (χ1) is 11.7. The molecule has 4 nitrogen and oxygen atoms in total. The van der Waals surface area contributed by atoms with Gasteiger partial charge in [0.05, 0.1) is 23.5 Å². The Morgan fingerprint density at radius 1 is 1.17 bits per heavy atom. The number of anilines is 1. The first-order valence-corrected chi connectivity index (χ1v) is 8.38. The second-order valence-corrected chi connectivity index (χ2v) is 6.44. The van der Waals surface area contributed by atoms with E-state index in [-0.39, 0.29) is 0 Å². The van der Waals surface area contributed by atoms with Gasteiger partial charge in [-0.2, -0.15) is 5.10 Å². The van der Waals surface area contributed by atoms with Gasteiger partial charge in [0.2, 0.25) is 0 Å². The van der Waals surface area contributed by atoms with E-state index >= 15 is 0 Å². The fourth-order valence-corrected chi connectivity index (χ4v) is 3.49. The molecule has 4 rings (SSSR count). The van der Waals surface area contributed by atoms with Gasteiger partial charge in [0.1, 0.15) is 11.6 Å². The molecule has 0 fully saturated rings. The van der Waals surface area contributed by atoms with E-state index in [0.29, 0.717) is 10.0 Å². The highest BCUT2D eigenvalue weighted by Gasteiger charge is 2.25. The molecule has 2 aromatic carbocycles. The number of fused-ring (bicyclic) bond motifs is 1. The molecule has 3 aromatic rings. The summed E-state index contributed by atoms with van der Waals surface area (Å²) in [6.07, 6.45) is 0.924. The Morgan fingerprint density at radius 3 is 2.83 bits per heavy atom. The Bertz CT molecular complexity index is 921. The standard InChI is InChI=1S/C18H15Cl2N3O/c1-24-13-4-2-3-11(9-13)17-14-7-8-21-18(14)23(22-17)16-6-5-12(19)10-15(16)20/h2-6,9-10,21H,7-8H2,1H3. The molecule has 0 unspecified atom stereocenters. The van der Waals surface area contributed by atoms with Crippen molar-refractivity contribution in [1.29, 1.82) is 0 Å². The normalized spacial score (nSPS) is 12.8. The van der Waals surface area contributed by atoms with E-state index in [0.717, 1.165) is 41.5 Å². The summed E-state index contributed by atoms with van der Waals surface area (Å²) in [6, 6.07) is 13.4. The van der Waals surface area contributed by atoms with Gasteiger partial charge in [-0.3, -0.25) is 0 Å². The lowest BCUT2D eigenvalue weighted by atomic mass is 10.1. The first-order valence-electron chi connectivity index (χ1n) is 7.63. The smallest absolute Gasteiger partial charge is 0.133 e. The molecule has 0 aliphatic carbocycles. The van der Waals surface area contributed by atoms with Gasteiger partial charge in [-0.1, -0.05) is 35.3 Å². The van der Waals surface area contributed by atoms with Crippen molar-refractivity contribution in [2.75, 3.05) is 19.0 Å². The average Bonchev–Trinajstić information content (AvgIpc) is 3.18. The molecule has 0 saturated heterocycles. The monoisotopic (exact) mass is 359 g/mol. The zero-order chi connectivity index (χ0) is 16.7. The second kappa shape index (κ2) is 6.04. The van der Waals surface area contributed by atoms with Gasteiger partial charge in [-0.15, -0.1) is 0 Å². The van der Waals surface area contributed by atoms with E-state index in [1.807, 2.05) is 41.1 Å². The van der Waals surface area contributed by atoms with Crippen molar-refractivity contribution in [3.05, 3.63) is 58.1 Å². The predicted octanol–water partition coefficient (Wildman–Crippen LogP) is 4.82. The molecule has 0 saturated carbocycles. The van der Waals surface area contributed by atoms with Gasteiger partial charge in [0.15, 0.2) is 0 Å². The molecule has 1 aromatic heterocycles. The van der Waals surface area contributed by atoms with E-state index in [1.165, 1.54) is 5.56 Å². The first kappa shape index (κ1) is 15.4. The van der Waals surface area contributed by atoms with Crippen LogP contribution in [-0.4, -0.2) is 23.4 Å². The third-order valence-corrected chi connectivity index (χ3v) is 4.67. The number of halogens is 2. The molecule has 0 bridgehead atoms. The van der Waals surface area contributed by atoms with Crippen molar-refractivity contribution in [1.82, 2.24) is 9.78 Å². The Kier molecular flexibility index (Phi) is 3.87. The molecule has 2 heterocycles. The topological polar surface area (TPSA) is 39.1 Å². The number of hydrogen-bond acceptors (Lipinski definition) is 3. The lowest BCUT2D eigenvalue weighted by Gasteiger charge is -2.08. The second-order valence-electron chi connectivity index (χ2n) is 5.59. The highest BCUT2D eigenvalue weighted by Crippen LogP contribution is 2.37. The van der Waals surface area contributed by atoms with Crippen LogP contribution >= 0.6 is 23.2 Å². The number of nitrogens with one attached hydrogen (secondary N) is 1. The molecule has 0 atom stereocenters. The quantitative estimate of drug-likeness (QED) is 0.728. The summed E-state index contributed by atoms with van der Waals surface area (Å²) in [6.45, 7) is 0.884. The third-order valence-electron chi connectivity index (χ3n) is 4.13. The van der Waals surface area contributed by atoms with Crippen molar-refractivity contribution < 1.29 is 4.74 Å². The van der Waals surface area contributed by atoms with Gasteiger partial charge < -0.3 is 10.1 Å². The molecule has 1 N–H and O–H groups in total. The van der Waals surface area contributed by atoms with Crippen molar-refractivity contribution in [3.8, 4) is 22.7 Å². The lowest BCUT2D eigenvalue weighted by molar-refractivity contribution is 0.415. The third kappa shape index (κ3) is 2.52. The van der Waals surface area contributed by atoms with Crippen LogP contribution in [0.2, 0.25) is 10.0 Å². The summed E-state index contributed by atoms with van der Waals surface area (Å²) in [7, 11) is 1.66. The van der Waals surface area contributed by atoms with Crippen LogP contribution < -0.4 is 10.1 Å². The molecule has 0 amide bonds. The van der Waals surface area contributed by atoms with Crippen LogP contribution in [0.25, 0.3) is 16.9 Å². The molecule has 0 spiro atoms. The number of benzene rings is 2. The molecule has 1 aliphatic heterocycles. The van der Waals surface area contributed by atoms with Crippen LogP contribution in [0.3, 0.4) is 0 Å². The number of methoxy groups -OCH3 is 1. The molecule has 24 heavy (non-hydrogen) atoms. The van der Waals surface area contributed by atoms with Crippen LogP contribution in [0.15, 0.2) is 42.5 Å². The molecule has 1 aliphatic rings. The molecule has 0 radical (unpaired) electrons. The number of rotatable bonds is 3. The fourth-order valence-electron chi connectivity index (χ4n) is 3.00. The van der Waals surface area contributed by atoms with Gasteiger partial charge >= 0.3 is 0 Å². The van der Waals surface area contributed by atoms with E-state index in [1.54, 1.807) is 13.2 Å². The maximum Gasteiger partial charge on any atom is 0.133 e. The molecular formula is C18H15Cl2N3O. The van der Waals surface area contributed by atoms with Crippen molar-refractivity contribution in [2.45, 2.75) is 6.42 Å². The lowest BCUT2D eigenvalue weighted by Crippen LogP contribution is -2.04. The van der Waals surface area contributed by atoms with Crippen molar-refractivity contribution in [3.63, 3.8) is 0 Å². The number of nitrogens with zero attached hydrogens (tertiary/aromatic N) is 2. The Labute approximate surface area is 150 Å². The zero-order valence-corrected chi connectivity index (χ0v) is 14.5. The predicted molar refractivity (Wildman–Crippen MR) is 97.8 cm³/mol. The van der Waals surface area contributed by atoms with E-state index in [2.05, 4.69) is 5.32 Å².